The minimum Gasteiger partial charge on any atom is -0.496 e. The van der Waals surface area contributed by atoms with Crippen LogP contribution in [-0.4, -0.2) is 49.5 Å². The maximum Gasteiger partial charge on any atom is 0.273 e. The molecule has 0 bridgehead atoms. The first-order valence-electron chi connectivity index (χ1n) is 9.17. The summed E-state index contributed by atoms with van der Waals surface area (Å²) in [6, 6.07) is 17.1. The van der Waals surface area contributed by atoms with Crippen molar-refractivity contribution in [2.45, 2.75) is 0 Å². The van der Waals surface area contributed by atoms with E-state index in [1.807, 2.05) is 48.5 Å². The average molecular weight is 378 g/mol. The number of H-pyrrole nitrogens is 1. The summed E-state index contributed by atoms with van der Waals surface area (Å²) in [6.07, 6.45) is 0. The van der Waals surface area contributed by atoms with Gasteiger partial charge in [0.2, 0.25) is 0 Å². The zero-order valence-electron chi connectivity index (χ0n) is 15.6. The van der Waals surface area contributed by atoms with Crippen LogP contribution < -0.4 is 15.0 Å². The Labute approximate surface area is 163 Å². The lowest BCUT2D eigenvalue weighted by molar-refractivity contribution is 0.102. The number of aromatic amines is 1. The molecule has 1 fully saturated rings. The van der Waals surface area contributed by atoms with Gasteiger partial charge in [-0.05, 0) is 42.5 Å². The number of carbonyl (C=O) groups is 1. The second-order valence-electron chi connectivity index (χ2n) is 6.47. The number of nitrogens with zero attached hydrogens (tertiary/aromatic N) is 2. The predicted molar refractivity (Wildman–Crippen MR) is 108 cm³/mol. The lowest BCUT2D eigenvalue weighted by atomic mass is 10.1. The summed E-state index contributed by atoms with van der Waals surface area (Å²) in [5, 5.41) is 9.94. The highest BCUT2D eigenvalue weighted by Crippen LogP contribution is 2.28. The third-order valence-corrected chi connectivity index (χ3v) is 4.71. The second-order valence-corrected chi connectivity index (χ2v) is 6.47. The van der Waals surface area contributed by atoms with Crippen molar-refractivity contribution in [3.63, 3.8) is 0 Å². The third-order valence-electron chi connectivity index (χ3n) is 4.71. The number of ether oxygens (including phenoxy) is 2. The van der Waals surface area contributed by atoms with Crippen molar-refractivity contribution in [3.8, 4) is 17.0 Å². The van der Waals surface area contributed by atoms with Crippen LogP contribution in [0.15, 0.2) is 54.6 Å². The number of carbonyl (C=O) groups excluding carboxylic acids is 1. The first-order chi connectivity index (χ1) is 13.7. The van der Waals surface area contributed by atoms with Gasteiger partial charge in [0.05, 0.1) is 26.0 Å². The van der Waals surface area contributed by atoms with Crippen molar-refractivity contribution in [2.24, 2.45) is 0 Å². The largest absolute Gasteiger partial charge is 0.496 e. The van der Waals surface area contributed by atoms with Gasteiger partial charge in [-0.25, -0.2) is 0 Å². The summed E-state index contributed by atoms with van der Waals surface area (Å²) in [6.45, 7) is 3.25. The fourth-order valence-electron chi connectivity index (χ4n) is 3.21. The number of nitrogens with one attached hydrogen (secondary N) is 2. The lowest BCUT2D eigenvalue weighted by Crippen LogP contribution is -2.36. The van der Waals surface area contributed by atoms with Crippen LogP contribution in [0.25, 0.3) is 11.3 Å². The van der Waals surface area contributed by atoms with Crippen molar-refractivity contribution in [1.29, 1.82) is 0 Å². The molecule has 7 nitrogen and oxygen atoms in total. The molecular weight excluding hydrogens is 356 g/mol. The van der Waals surface area contributed by atoms with E-state index in [0.717, 1.165) is 43.2 Å². The molecule has 0 spiro atoms. The van der Waals surface area contributed by atoms with E-state index in [0.29, 0.717) is 17.1 Å². The van der Waals surface area contributed by atoms with E-state index in [-0.39, 0.29) is 5.91 Å². The number of anilines is 2. The summed E-state index contributed by atoms with van der Waals surface area (Å²) in [5.74, 6) is 0.465. The summed E-state index contributed by atoms with van der Waals surface area (Å²) < 4.78 is 10.7. The van der Waals surface area contributed by atoms with Gasteiger partial charge in [-0.3, -0.25) is 9.89 Å². The van der Waals surface area contributed by atoms with Gasteiger partial charge in [0.15, 0.2) is 0 Å². The van der Waals surface area contributed by atoms with E-state index < -0.39 is 0 Å². The van der Waals surface area contributed by atoms with Gasteiger partial charge in [0.1, 0.15) is 11.4 Å². The monoisotopic (exact) mass is 378 g/mol. The Morgan fingerprint density at radius 3 is 2.64 bits per heavy atom. The first kappa shape index (κ1) is 18.1. The highest BCUT2D eigenvalue weighted by atomic mass is 16.5. The number of methoxy groups -OCH3 is 1. The summed E-state index contributed by atoms with van der Waals surface area (Å²) in [5.41, 5.74) is 3.73. The number of amides is 1. The Bertz CT molecular complexity index is 946. The van der Waals surface area contributed by atoms with Crippen molar-refractivity contribution >= 4 is 17.3 Å². The molecule has 0 saturated carbocycles. The molecule has 7 heteroatoms. The highest BCUT2D eigenvalue weighted by molar-refractivity contribution is 6.03. The van der Waals surface area contributed by atoms with Crippen molar-refractivity contribution in [1.82, 2.24) is 10.2 Å². The molecule has 1 aliphatic heterocycles. The van der Waals surface area contributed by atoms with Crippen molar-refractivity contribution in [3.05, 3.63) is 60.3 Å². The quantitative estimate of drug-likeness (QED) is 0.713. The Morgan fingerprint density at radius 2 is 1.89 bits per heavy atom. The van der Waals surface area contributed by atoms with Crippen molar-refractivity contribution < 1.29 is 14.3 Å². The number of morpholine rings is 1. The Balaban J connectivity index is 1.45. The van der Waals surface area contributed by atoms with Crippen LogP contribution in [0.1, 0.15) is 10.5 Å². The summed E-state index contributed by atoms with van der Waals surface area (Å²) in [7, 11) is 1.61. The standard InChI is InChI=1S/C21H22N4O3/c1-27-20-5-3-2-4-17(20)18-14-19(24-23-18)21(26)22-15-6-8-16(9-7-15)25-10-12-28-13-11-25/h2-9,14H,10-13H2,1H3,(H,22,26)(H,23,24). The molecule has 0 aliphatic carbocycles. The predicted octanol–water partition coefficient (Wildman–Crippen LogP) is 3.17. The van der Waals surface area contributed by atoms with Gasteiger partial charge < -0.3 is 19.7 Å². The normalized spacial score (nSPS) is 14.0. The lowest BCUT2D eigenvalue weighted by Gasteiger charge is -2.28. The maximum absolute atomic E-state index is 12.6. The molecule has 0 atom stereocenters. The first-order valence-corrected chi connectivity index (χ1v) is 9.17. The van der Waals surface area contributed by atoms with Gasteiger partial charge in [0, 0.05) is 30.0 Å². The van der Waals surface area contributed by atoms with Gasteiger partial charge in [0.25, 0.3) is 5.91 Å². The minimum atomic E-state index is -0.243. The van der Waals surface area contributed by atoms with Crippen LogP contribution in [-0.2, 0) is 4.74 Å². The number of hydrogen-bond donors (Lipinski definition) is 2. The number of benzene rings is 2. The molecule has 144 valence electrons. The maximum atomic E-state index is 12.6. The van der Waals surface area contributed by atoms with Gasteiger partial charge in [-0.15, -0.1) is 0 Å². The van der Waals surface area contributed by atoms with Crippen LogP contribution in [0.5, 0.6) is 5.75 Å². The third kappa shape index (κ3) is 3.84. The number of hydrogen-bond acceptors (Lipinski definition) is 5. The van der Waals surface area contributed by atoms with E-state index >= 15 is 0 Å². The van der Waals surface area contributed by atoms with E-state index in [2.05, 4.69) is 20.4 Å². The zero-order chi connectivity index (χ0) is 19.3. The fraction of sp³-hybridized carbons (Fsp3) is 0.238. The molecule has 1 amide bonds. The van der Waals surface area contributed by atoms with Crippen LogP contribution in [0.4, 0.5) is 11.4 Å². The summed E-state index contributed by atoms with van der Waals surface area (Å²) in [4.78, 5) is 14.8. The minimum absolute atomic E-state index is 0.243. The molecule has 28 heavy (non-hydrogen) atoms. The molecule has 3 aromatic rings. The molecule has 2 aromatic carbocycles. The van der Waals surface area contributed by atoms with E-state index in [1.54, 1.807) is 13.2 Å². The molecule has 4 rings (SSSR count). The molecule has 1 aromatic heterocycles. The van der Waals surface area contributed by atoms with Crippen LogP contribution in [0, 0.1) is 0 Å². The molecule has 0 radical (unpaired) electrons. The molecule has 0 unspecified atom stereocenters. The smallest absolute Gasteiger partial charge is 0.273 e. The highest BCUT2D eigenvalue weighted by Gasteiger charge is 2.15. The topological polar surface area (TPSA) is 79.5 Å². The Kier molecular flexibility index (Phi) is 5.25. The molecule has 2 heterocycles. The molecule has 1 aliphatic rings. The molecular formula is C21H22N4O3. The average Bonchev–Trinajstić information content (AvgIpc) is 3.25. The zero-order valence-corrected chi connectivity index (χ0v) is 15.6. The second kappa shape index (κ2) is 8.14. The SMILES string of the molecule is COc1ccccc1-c1cc(C(=O)Nc2ccc(N3CCOCC3)cc2)[nH]n1. The van der Waals surface area contributed by atoms with E-state index in [9.17, 15) is 4.79 Å². The van der Waals surface area contributed by atoms with Crippen LogP contribution in [0.2, 0.25) is 0 Å². The Morgan fingerprint density at radius 1 is 1.14 bits per heavy atom. The van der Waals surface area contributed by atoms with Gasteiger partial charge >= 0.3 is 0 Å². The van der Waals surface area contributed by atoms with Gasteiger partial charge in [-0.1, -0.05) is 12.1 Å². The molecule has 1 saturated heterocycles. The summed E-state index contributed by atoms with van der Waals surface area (Å²) >= 11 is 0. The van der Waals surface area contributed by atoms with Crippen LogP contribution >= 0.6 is 0 Å². The fourth-order valence-corrected chi connectivity index (χ4v) is 3.21. The van der Waals surface area contributed by atoms with Crippen molar-refractivity contribution in [2.75, 3.05) is 43.6 Å². The number of rotatable bonds is 5. The van der Waals surface area contributed by atoms with E-state index in [4.69, 9.17) is 9.47 Å². The van der Waals surface area contributed by atoms with Crippen LogP contribution in [0.3, 0.4) is 0 Å². The van der Waals surface area contributed by atoms with E-state index in [1.165, 1.54) is 0 Å². The number of para-hydroxylation sites is 1. The Hall–Kier alpha value is -3.32. The van der Waals surface area contributed by atoms with Gasteiger partial charge in [-0.2, -0.15) is 5.10 Å². The number of aromatic nitrogens is 2. The molecule has 2 N–H and O–H groups in total.